The van der Waals surface area contributed by atoms with E-state index in [1.165, 1.54) is 12.1 Å². The first-order chi connectivity index (χ1) is 16.3. The molecule has 4 aliphatic rings. The van der Waals surface area contributed by atoms with Crippen LogP contribution in [0.5, 0.6) is 0 Å². The van der Waals surface area contributed by atoms with E-state index in [0.717, 1.165) is 35.3 Å². The molecule has 0 unspecified atom stereocenters. The van der Waals surface area contributed by atoms with Gasteiger partial charge in [-0.25, -0.2) is 4.90 Å². The molecule has 3 fully saturated rings. The van der Waals surface area contributed by atoms with Gasteiger partial charge in [-0.1, -0.05) is 25.1 Å². The number of nitro groups is 1. The van der Waals surface area contributed by atoms with Gasteiger partial charge in [0.1, 0.15) is 5.54 Å². The molecule has 1 N–H and O–H groups in total. The van der Waals surface area contributed by atoms with Gasteiger partial charge in [0.15, 0.2) is 0 Å². The highest BCUT2D eigenvalue weighted by Gasteiger charge is 2.74. The van der Waals surface area contributed by atoms with Crippen molar-refractivity contribution in [1.82, 2.24) is 4.90 Å². The lowest BCUT2D eigenvalue weighted by Crippen LogP contribution is -2.54. The average Bonchev–Trinajstić information content (AvgIpc) is 3.52. The summed E-state index contributed by atoms with van der Waals surface area (Å²) in [6.07, 6.45) is 2.34. The highest BCUT2D eigenvalue weighted by molar-refractivity contribution is 6.26. The molecule has 3 amide bonds. The van der Waals surface area contributed by atoms with Crippen molar-refractivity contribution in [2.24, 2.45) is 11.8 Å². The number of anilines is 2. The number of fused-ring (bicyclic) bond motifs is 7. The van der Waals surface area contributed by atoms with E-state index < -0.39 is 28.2 Å². The van der Waals surface area contributed by atoms with Gasteiger partial charge in [-0.2, -0.15) is 0 Å². The van der Waals surface area contributed by atoms with Gasteiger partial charge in [0, 0.05) is 23.4 Å². The Morgan fingerprint density at radius 3 is 2.71 bits per heavy atom. The number of hydrogen-bond acceptors (Lipinski definition) is 6. The minimum atomic E-state index is -1.25. The Bertz CT molecular complexity index is 1310. The normalized spacial score (nSPS) is 29.5. The van der Waals surface area contributed by atoms with Gasteiger partial charge in [0.05, 0.1) is 28.0 Å². The quantitative estimate of drug-likeness (QED) is 0.428. The van der Waals surface area contributed by atoms with Crippen LogP contribution in [-0.4, -0.2) is 40.1 Å². The van der Waals surface area contributed by atoms with Crippen molar-refractivity contribution in [2.75, 3.05) is 16.8 Å². The molecule has 1 spiro atoms. The first-order valence-electron chi connectivity index (χ1n) is 11.7. The zero-order valence-electron chi connectivity index (χ0n) is 18.9. The van der Waals surface area contributed by atoms with E-state index in [0.29, 0.717) is 12.2 Å². The van der Waals surface area contributed by atoms with Gasteiger partial charge >= 0.3 is 0 Å². The highest BCUT2D eigenvalue weighted by atomic mass is 16.6. The molecule has 0 aromatic heterocycles. The van der Waals surface area contributed by atoms with Crippen molar-refractivity contribution < 1.29 is 19.3 Å². The first kappa shape index (κ1) is 21.0. The van der Waals surface area contributed by atoms with Crippen LogP contribution in [0.4, 0.5) is 17.1 Å². The second-order valence-corrected chi connectivity index (χ2v) is 9.55. The van der Waals surface area contributed by atoms with Crippen LogP contribution in [0.2, 0.25) is 0 Å². The molecule has 6 rings (SSSR count). The molecule has 3 saturated heterocycles. The minimum absolute atomic E-state index is 0.149. The second-order valence-electron chi connectivity index (χ2n) is 9.55. The maximum Gasteiger partial charge on any atom is 0.274 e. The fourth-order valence-corrected chi connectivity index (χ4v) is 6.76. The molecule has 0 aliphatic carbocycles. The SMILES string of the molecule is CCc1ccc2c(c1)[C@@]1(C(=O)N2)[C@@H]2C(=O)N(c3cccc([N+](=O)[O-])c3C)C(=O)[C@@H]2[C@@H]2CCCN21. The van der Waals surface area contributed by atoms with Crippen molar-refractivity contribution in [2.45, 2.75) is 44.7 Å². The van der Waals surface area contributed by atoms with E-state index in [9.17, 15) is 24.5 Å². The molecule has 174 valence electrons. The van der Waals surface area contributed by atoms with Crippen LogP contribution in [-0.2, 0) is 26.3 Å². The molecule has 0 saturated carbocycles. The molecule has 9 heteroatoms. The number of hydrogen-bond donors (Lipinski definition) is 1. The van der Waals surface area contributed by atoms with Gasteiger partial charge in [-0.15, -0.1) is 0 Å². The van der Waals surface area contributed by atoms with Crippen LogP contribution >= 0.6 is 0 Å². The maximum absolute atomic E-state index is 14.1. The molecule has 0 bridgehead atoms. The van der Waals surface area contributed by atoms with Crippen molar-refractivity contribution in [3.05, 3.63) is 63.2 Å². The monoisotopic (exact) mass is 460 g/mol. The molecular formula is C25H24N4O5. The van der Waals surface area contributed by atoms with Crippen LogP contribution in [0.15, 0.2) is 36.4 Å². The summed E-state index contributed by atoms with van der Waals surface area (Å²) in [7, 11) is 0. The number of carbonyl (C=O) groups excluding carboxylic acids is 3. The van der Waals surface area contributed by atoms with Crippen molar-refractivity contribution in [1.29, 1.82) is 0 Å². The smallest absolute Gasteiger partial charge is 0.274 e. The molecule has 2 aromatic rings. The Kier molecular flexibility index (Phi) is 4.29. The van der Waals surface area contributed by atoms with Crippen LogP contribution in [0.3, 0.4) is 0 Å². The number of nitrogens with one attached hydrogen (secondary N) is 1. The number of rotatable bonds is 3. The van der Waals surface area contributed by atoms with E-state index in [1.54, 1.807) is 13.0 Å². The lowest BCUT2D eigenvalue weighted by molar-refractivity contribution is -0.385. The summed E-state index contributed by atoms with van der Waals surface area (Å²) >= 11 is 0. The molecule has 9 nitrogen and oxygen atoms in total. The van der Waals surface area contributed by atoms with Gasteiger partial charge in [-0.05, 0) is 50.4 Å². The van der Waals surface area contributed by atoms with E-state index in [4.69, 9.17) is 0 Å². The van der Waals surface area contributed by atoms with Crippen LogP contribution in [0, 0.1) is 28.9 Å². The number of imide groups is 1. The van der Waals surface area contributed by atoms with E-state index in [2.05, 4.69) is 10.2 Å². The summed E-state index contributed by atoms with van der Waals surface area (Å²) in [5, 5.41) is 14.5. The third-order valence-electron chi connectivity index (χ3n) is 8.18. The lowest BCUT2D eigenvalue weighted by atomic mass is 9.75. The van der Waals surface area contributed by atoms with Crippen LogP contribution in [0.1, 0.15) is 36.5 Å². The van der Waals surface area contributed by atoms with Gasteiger partial charge < -0.3 is 5.32 Å². The highest BCUT2D eigenvalue weighted by Crippen LogP contribution is 2.61. The van der Waals surface area contributed by atoms with Crippen LogP contribution in [0.25, 0.3) is 0 Å². The summed E-state index contributed by atoms with van der Waals surface area (Å²) in [4.78, 5) is 55.8. The number of benzene rings is 2. The summed E-state index contributed by atoms with van der Waals surface area (Å²) < 4.78 is 0. The largest absolute Gasteiger partial charge is 0.324 e. The number of amides is 3. The Balaban J connectivity index is 1.55. The summed E-state index contributed by atoms with van der Waals surface area (Å²) in [5.74, 6) is -2.65. The van der Waals surface area contributed by atoms with E-state index in [1.807, 2.05) is 25.1 Å². The predicted octanol–water partition coefficient (Wildman–Crippen LogP) is 2.90. The van der Waals surface area contributed by atoms with E-state index in [-0.39, 0.29) is 34.8 Å². The number of carbonyl (C=O) groups is 3. The third kappa shape index (κ3) is 2.34. The lowest BCUT2D eigenvalue weighted by Gasteiger charge is -2.37. The zero-order chi connectivity index (χ0) is 23.9. The molecule has 2 aromatic carbocycles. The minimum Gasteiger partial charge on any atom is -0.324 e. The summed E-state index contributed by atoms with van der Waals surface area (Å²) in [6.45, 7) is 4.22. The number of nitro benzene ring substituents is 1. The van der Waals surface area contributed by atoms with Gasteiger partial charge in [-0.3, -0.25) is 29.4 Å². The second kappa shape index (κ2) is 6.96. The fourth-order valence-electron chi connectivity index (χ4n) is 6.76. The molecule has 4 atom stereocenters. The van der Waals surface area contributed by atoms with Crippen molar-refractivity contribution in [3.8, 4) is 0 Å². The van der Waals surface area contributed by atoms with Gasteiger partial charge in [0.2, 0.25) is 17.7 Å². The summed E-state index contributed by atoms with van der Waals surface area (Å²) in [5.41, 5.74) is 1.58. The summed E-state index contributed by atoms with van der Waals surface area (Å²) in [6, 6.07) is 10.0. The van der Waals surface area contributed by atoms with Crippen molar-refractivity contribution in [3.63, 3.8) is 0 Å². The molecule has 34 heavy (non-hydrogen) atoms. The number of nitrogens with zero attached hydrogens (tertiary/aromatic N) is 3. The Hall–Kier alpha value is -3.59. The van der Waals surface area contributed by atoms with E-state index >= 15 is 0 Å². The molecular weight excluding hydrogens is 436 g/mol. The van der Waals surface area contributed by atoms with Crippen LogP contribution < -0.4 is 10.2 Å². The maximum atomic E-state index is 14.1. The predicted molar refractivity (Wildman–Crippen MR) is 123 cm³/mol. The molecule has 4 heterocycles. The Morgan fingerprint density at radius 2 is 1.97 bits per heavy atom. The average molecular weight is 460 g/mol. The zero-order valence-corrected chi connectivity index (χ0v) is 18.9. The first-order valence-corrected chi connectivity index (χ1v) is 11.7. The molecule has 0 radical (unpaired) electrons. The third-order valence-corrected chi connectivity index (χ3v) is 8.18. The topological polar surface area (TPSA) is 113 Å². The van der Waals surface area contributed by atoms with Crippen molar-refractivity contribution >= 4 is 34.8 Å². The fraction of sp³-hybridized carbons (Fsp3) is 0.400. The standard InChI is InChI=1S/C25H24N4O5/c1-3-14-9-10-16-15(12-14)25(24(32)26-16)21-20(19-8-5-11-27(19)25)22(30)28(23(21)31)17-6-4-7-18(13(17)2)29(33)34/h4,6-7,9-10,12,19-21H,3,5,8,11H2,1-2H3,(H,26,32)/t19-,20+,21-,25-/m0/s1. The molecule has 4 aliphatic heterocycles. The Morgan fingerprint density at radius 1 is 1.18 bits per heavy atom. The van der Waals surface area contributed by atoms with Gasteiger partial charge in [0.25, 0.3) is 5.69 Å². The number of aryl methyl sites for hydroxylation is 1. The Labute approximate surface area is 195 Å².